The lowest BCUT2D eigenvalue weighted by atomic mass is 10.0. The van der Waals surface area contributed by atoms with E-state index >= 15 is 0 Å². The number of nitrogens with one attached hydrogen (secondary N) is 1. The van der Waals surface area contributed by atoms with Crippen LogP contribution in [0.4, 0.5) is 0 Å². The van der Waals surface area contributed by atoms with Gasteiger partial charge in [0.25, 0.3) is 0 Å². The number of carbonyl (C=O) groups excluding carboxylic acids is 2. The van der Waals surface area contributed by atoms with Gasteiger partial charge in [0.05, 0.1) is 33.8 Å². The van der Waals surface area contributed by atoms with Crippen LogP contribution in [0.5, 0.6) is 0 Å². The Kier molecular flexibility index (Phi) is 65.9. The lowest BCUT2D eigenvalue weighted by Crippen LogP contribution is -2.47. The first-order valence-corrected chi connectivity index (χ1v) is 39.4. The number of carbonyl (C=O) groups is 2. The normalized spacial score (nSPS) is 13.9. The average Bonchev–Trinajstić information content (AvgIpc) is 3.54. The summed E-state index contributed by atoms with van der Waals surface area (Å²) in [5.74, 6) is -0.500. The van der Waals surface area contributed by atoms with Gasteiger partial charge in [-0.05, 0) is 102 Å². The number of amides is 1. The highest BCUT2D eigenvalue weighted by molar-refractivity contribution is 7.47. The second-order valence-electron chi connectivity index (χ2n) is 26.8. The SMILES string of the molecule is CC/C=C\C/C=C\C/C=C\C/C=C\C/C=C\CCCCCCCCCCCC(=O)OC(/C=C/CCCCCCCCCCCCC)C(COP(=O)(O)OCC[N+](C)(C)C)NC(=O)CCCCCCCCCCCCCCCCC/C=C/CCCCCCCC. The fourth-order valence-electron chi connectivity index (χ4n) is 11.0. The molecule has 0 bridgehead atoms. The van der Waals surface area contributed by atoms with E-state index in [1.54, 1.807) is 0 Å². The molecule has 0 aromatic heterocycles. The molecule has 0 aliphatic heterocycles. The Morgan fingerprint density at radius 3 is 1.09 bits per heavy atom. The van der Waals surface area contributed by atoms with Crippen LogP contribution in [0, 0.1) is 0 Å². The number of esters is 1. The zero-order valence-corrected chi connectivity index (χ0v) is 60.3. The summed E-state index contributed by atoms with van der Waals surface area (Å²) in [6, 6.07) is -0.855. The van der Waals surface area contributed by atoms with Gasteiger partial charge >= 0.3 is 13.8 Å². The van der Waals surface area contributed by atoms with Gasteiger partial charge in [-0.2, -0.15) is 0 Å². The Bertz CT molecular complexity index is 1800. The molecule has 10 heteroatoms. The molecule has 3 unspecified atom stereocenters. The molecular weight excluding hydrogens is 1120 g/mol. The monoisotopic (exact) mass is 1270 g/mol. The molecule has 0 fully saturated rings. The Balaban J connectivity index is 5.04. The number of hydrogen-bond donors (Lipinski definition) is 2. The largest absolute Gasteiger partial charge is 0.472 e. The van der Waals surface area contributed by atoms with E-state index < -0.39 is 20.0 Å². The summed E-state index contributed by atoms with van der Waals surface area (Å²) < 4.78 is 30.9. The molecular formula is C79H146N2O7P+. The van der Waals surface area contributed by atoms with Crippen molar-refractivity contribution >= 4 is 19.7 Å². The summed E-state index contributed by atoms with van der Waals surface area (Å²) in [5, 5.41) is 3.08. The van der Waals surface area contributed by atoms with Crippen LogP contribution < -0.4 is 5.32 Å². The van der Waals surface area contributed by atoms with Gasteiger partial charge in [-0.15, -0.1) is 0 Å². The van der Waals surface area contributed by atoms with Gasteiger partial charge in [0.2, 0.25) is 5.91 Å². The van der Waals surface area contributed by atoms with E-state index in [9.17, 15) is 19.0 Å². The predicted octanol–water partition coefficient (Wildman–Crippen LogP) is 24.5. The van der Waals surface area contributed by atoms with Crippen molar-refractivity contribution in [1.29, 1.82) is 0 Å². The average molecular weight is 1270 g/mol. The fraction of sp³-hybridized carbons (Fsp3) is 0.797. The summed E-state index contributed by atoms with van der Waals surface area (Å²) in [7, 11) is 1.50. The van der Waals surface area contributed by atoms with Crippen LogP contribution in [0.1, 0.15) is 355 Å². The van der Waals surface area contributed by atoms with Gasteiger partial charge in [0.15, 0.2) is 0 Å². The highest BCUT2D eigenvalue weighted by atomic mass is 31.2. The maximum absolute atomic E-state index is 13.7. The molecule has 0 heterocycles. The van der Waals surface area contributed by atoms with E-state index in [-0.39, 0.29) is 31.5 Å². The van der Waals surface area contributed by atoms with E-state index in [1.165, 1.54) is 218 Å². The van der Waals surface area contributed by atoms with Gasteiger partial charge in [0.1, 0.15) is 19.3 Å². The standard InChI is InChI=1S/C79H145N2O7P/c1-7-10-13-16-19-22-25-28-30-32-34-36-38-40-42-44-46-48-50-53-56-59-62-65-68-71-78(82)80-76(75-87-89(84,85)86-74-73-81(4,5)6)77(70-67-64-61-58-55-52-27-24-21-18-15-12-9-3)88-79(83)72-69-66-63-60-57-54-51-49-47-45-43-41-39-37-35-33-31-29-26-23-20-17-14-11-8-2/h11,14,20,23,28-31,35,37,41,43,67,70,76-77H,7-10,12-13,15-19,21-22,24-27,32-34,36,38-40,42,44-66,68-69,71-75H2,1-6H3,(H-,80,82,84,85)/p+1/b14-11-,23-20-,30-28+,31-29-,37-35-,43-41-,70-67+. The number of unbranched alkanes of at least 4 members (excludes halogenated alkanes) is 41. The van der Waals surface area contributed by atoms with E-state index in [2.05, 4.69) is 99.0 Å². The number of rotatable bonds is 69. The highest BCUT2D eigenvalue weighted by Crippen LogP contribution is 2.43. The van der Waals surface area contributed by atoms with Crippen LogP contribution in [0.25, 0.3) is 0 Å². The van der Waals surface area contributed by atoms with Crippen LogP contribution in [0.2, 0.25) is 0 Å². The molecule has 0 spiro atoms. The molecule has 0 aliphatic carbocycles. The molecule has 89 heavy (non-hydrogen) atoms. The quantitative estimate of drug-likeness (QED) is 0.0205. The molecule has 0 saturated heterocycles. The molecule has 2 N–H and O–H groups in total. The number of hydrogen-bond acceptors (Lipinski definition) is 6. The van der Waals surface area contributed by atoms with E-state index in [1.807, 2.05) is 33.3 Å². The number of phosphoric acid groups is 1. The molecule has 9 nitrogen and oxygen atoms in total. The zero-order valence-electron chi connectivity index (χ0n) is 59.4. The van der Waals surface area contributed by atoms with Crippen molar-refractivity contribution in [3.63, 3.8) is 0 Å². The van der Waals surface area contributed by atoms with Crippen LogP contribution in [0.3, 0.4) is 0 Å². The van der Waals surface area contributed by atoms with E-state index in [0.29, 0.717) is 17.4 Å². The van der Waals surface area contributed by atoms with E-state index in [4.69, 9.17) is 13.8 Å². The van der Waals surface area contributed by atoms with Gasteiger partial charge in [0, 0.05) is 12.8 Å². The third-order valence-electron chi connectivity index (χ3n) is 16.8. The summed E-state index contributed by atoms with van der Waals surface area (Å²) in [5.41, 5.74) is 0. The zero-order chi connectivity index (χ0) is 64.9. The van der Waals surface area contributed by atoms with Crippen molar-refractivity contribution < 1.29 is 37.3 Å². The van der Waals surface area contributed by atoms with Crippen molar-refractivity contribution in [2.24, 2.45) is 0 Å². The summed E-state index contributed by atoms with van der Waals surface area (Å²) >= 11 is 0. The molecule has 0 aromatic rings. The van der Waals surface area contributed by atoms with E-state index in [0.717, 1.165) is 103 Å². The minimum Gasteiger partial charge on any atom is -0.456 e. The molecule has 0 radical (unpaired) electrons. The Morgan fingerprint density at radius 2 is 0.719 bits per heavy atom. The number of ether oxygens (including phenoxy) is 1. The molecule has 0 aromatic carbocycles. The van der Waals surface area contributed by atoms with Gasteiger partial charge in [-0.1, -0.05) is 324 Å². The topological polar surface area (TPSA) is 111 Å². The molecule has 0 rings (SSSR count). The second-order valence-corrected chi connectivity index (χ2v) is 28.2. The summed E-state index contributed by atoms with van der Waals surface area (Å²) in [6.07, 6.45) is 91.7. The molecule has 518 valence electrons. The minimum atomic E-state index is -4.46. The summed E-state index contributed by atoms with van der Waals surface area (Å²) in [6.45, 7) is 6.94. The third-order valence-corrected chi connectivity index (χ3v) is 17.8. The molecule has 0 aliphatic rings. The predicted molar refractivity (Wildman–Crippen MR) is 388 cm³/mol. The number of quaternary nitrogens is 1. The number of nitrogens with zero attached hydrogens (tertiary/aromatic N) is 1. The molecule has 0 saturated carbocycles. The Labute approximate surface area is 552 Å². The highest BCUT2D eigenvalue weighted by Gasteiger charge is 2.30. The number of allylic oxidation sites excluding steroid dienone is 13. The first kappa shape index (κ1) is 86.2. The first-order chi connectivity index (χ1) is 43.4. The van der Waals surface area contributed by atoms with Crippen LogP contribution >= 0.6 is 7.82 Å². The fourth-order valence-corrected chi connectivity index (χ4v) is 11.8. The number of likely N-dealkylation sites (N-methyl/N-ethyl adjacent to an activating group) is 1. The van der Waals surface area contributed by atoms with Crippen molar-refractivity contribution in [2.75, 3.05) is 40.9 Å². The van der Waals surface area contributed by atoms with Gasteiger partial charge in [-0.25, -0.2) is 4.57 Å². The maximum atomic E-state index is 13.7. The number of phosphoric ester groups is 1. The van der Waals surface area contributed by atoms with Crippen molar-refractivity contribution in [3.05, 3.63) is 85.1 Å². The minimum absolute atomic E-state index is 0.0379. The van der Waals surface area contributed by atoms with Crippen molar-refractivity contribution in [1.82, 2.24) is 5.32 Å². The maximum Gasteiger partial charge on any atom is 0.472 e. The Hall–Kier alpha value is -2.81. The molecule has 1 amide bonds. The lowest BCUT2D eigenvalue weighted by molar-refractivity contribution is -0.870. The van der Waals surface area contributed by atoms with Crippen molar-refractivity contribution in [3.8, 4) is 0 Å². The van der Waals surface area contributed by atoms with Crippen LogP contribution in [-0.2, 0) is 27.9 Å². The van der Waals surface area contributed by atoms with Crippen molar-refractivity contribution in [2.45, 2.75) is 367 Å². The lowest BCUT2D eigenvalue weighted by Gasteiger charge is -2.27. The van der Waals surface area contributed by atoms with Gasteiger partial charge in [-0.3, -0.25) is 18.6 Å². The Morgan fingerprint density at radius 1 is 0.404 bits per heavy atom. The van der Waals surface area contributed by atoms with Gasteiger partial charge < -0.3 is 19.4 Å². The third kappa shape index (κ3) is 69.4. The smallest absolute Gasteiger partial charge is 0.456 e. The van der Waals surface area contributed by atoms with Crippen LogP contribution in [-0.4, -0.2) is 74.3 Å². The van der Waals surface area contributed by atoms with Crippen LogP contribution in [0.15, 0.2) is 85.1 Å². The first-order valence-electron chi connectivity index (χ1n) is 37.9. The second kappa shape index (κ2) is 68.1. The molecule has 3 atom stereocenters. The summed E-state index contributed by atoms with van der Waals surface area (Å²) in [4.78, 5) is 38.0.